The van der Waals surface area contributed by atoms with Gasteiger partial charge in [-0.05, 0) is 33.8 Å². The van der Waals surface area contributed by atoms with E-state index in [9.17, 15) is 0 Å². The minimum Gasteiger partial charge on any atom is -0.399 e. The summed E-state index contributed by atoms with van der Waals surface area (Å²) < 4.78 is 13.1. The predicted octanol–water partition coefficient (Wildman–Crippen LogP) is 1.99. The molecule has 0 aliphatic carbocycles. The van der Waals surface area contributed by atoms with Gasteiger partial charge in [0.2, 0.25) is 0 Å². The van der Waals surface area contributed by atoms with Gasteiger partial charge in [0.05, 0.1) is 21.4 Å². The molecule has 4 nitrogen and oxygen atoms in total. The van der Waals surface area contributed by atoms with E-state index >= 15 is 0 Å². The van der Waals surface area contributed by atoms with Gasteiger partial charge in [-0.1, -0.05) is 0 Å². The van der Waals surface area contributed by atoms with Crippen LogP contribution in [0.5, 0.6) is 0 Å². The second-order valence-electron chi connectivity index (χ2n) is 5.53. The topological polar surface area (TPSA) is 44.2 Å². The van der Waals surface area contributed by atoms with Gasteiger partial charge < -0.3 is 9.31 Å². The highest BCUT2D eigenvalue weighted by atomic mass is 32.1. The van der Waals surface area contributed by atoms with Gasteiger partial charge in [-0.3, -0.25) is 0 Å². The standard InChI is InChI=1S/C12H15BN2O2S/c1-11(2)12(3,4)17-13(16-11)8-5-9-10(14-6-8)15-7-18-9/h5-7H,1-4H3. The highest BCUT2D eigenvalue weighted by Crippen LogP contribution is 2.36. The van der Waals surface area contributed by atoms with Crippen LogP contribution in [0.1, 0.15) is 27.7 Å². The van der Waals surface area contributed by atoms with Gasteiger partial charge >= 0.3 is 7.12 Å². The quantitative estimate of drug-likeness (QED) is 0.737. The summed E-state index contributed by atoms with van der Waals surface area (Å²) in [4.78, 5) is 8.49. The van der Waals surface area contributed by atoms with Crippen molar-refractivity contribution < 1.29 is 9.31 Å². The molecule has 2 aromatic heterocycles. The fraction of sp³-hybridized carbons (Fsp3) is 0.500. The van der Waals surface area contributed by atoms with Crippen LogP contribution in [0.3, 0.4) is 0 Å². The van der Waals surface area contributed by atoms with Gasteiger partial charge in [0, 0.05) is 11.7 Å². The van der Waals surface area contributed by atoms with Crippen molar-refractivity contribution in [3.05, 3.63) is 17.8 Å². The number of hydrogen-bond donors (Lipinski definition) is 0. The first kappa shape index (κ1) is 12.1. The largest absolute Gasteiger partial charge is 0.496 e. The molecular formula is C12H15BN2O2S. The normalized spacial score (nSPS) is 21.7. The third-order valence-electron chi connectivity index (χ3n) is 3.73. The van der Waals surface area contributed by atoms with E-state index in [2.05, 4.69) is 9.97 Å². The summed E-state index contributed by atoms with van der Waals surface area (Å²) in [7, 11) is -0.353. The number of hydrogen-bond acceptors (Lipinski definition) is 5. The maximum Gasteiger partial charge on any atom is 0.496 e. The smallest absolute Gasteiger partial charge is 0.399 e. The van der Waals surface area contributed by atoms with Gasteiger partial charge in [-0.25, -0.2) is 9.97 Å². The zero-order valence-corrected chi connectivity index (χ0v) is 11.7. The van der Waals surface area contributed by atoms with Gasteiger partial charge in [-0.2, -0.15) is 0 Å². The molecule has 1 saturated heterocycles. The summed E-state index contributed by atoms with van der Waals surface area (Å²) in [5.74, 6) is 0. The Morgan fingerprint density at radius 1 is 1.11 bits per heavy atom. The molecule has 3 rings (SSSR count). The van der Waals surface area contributed by atoms with Crippen LogP contribution in [-0.4, -0.2) is 28.3 Å². The molecule has 0 spiro atoms. The first-order chi connectivity index (χ1) is 8.39. The van der Waals surface area contributed by atoms with Crippen molar-refractivity contribution in [1.29, 1.82) is 0 Å². The van der Waals surface area contributed by atoms with Crippen molar-refractivity contribution >= 4 is 34.3 Å². The van der Waals surface area contributed by atoms with Crippen LogP contribution in [0, 0.1) is 0 Å². The number of aromatic nitrogens is 2. The molecule has 0 aromatic carbocycles. The van der Waals surface area contributed by atoms with Crippen LogP contribution in [0.2, 0.25) is 0 Å². The summed E-state index contributed by atoms with van der Waals surface area (Å²) >= 11 is 1.58. The monoisotopic (exact) mass is 262 g/mol. The Morgan fingerprint density at radius 3 is 2.44 bits per heavy atom. The SMILES string of the molecule is CC1(C)OB(c2cnc3ncsc3c2)OC1(C)C. The number of thiazole rings is 1. The average molecular weight is 262 g/mol. The molecule has 0 atom stereocenters. The second-order valence-corrected chi connectivity index (χ2v) is 6.42. The summed E-state index contributed by atoms with van der Waals surface area (Å²) in [6.07, 6.45) is 1.78. The first-order valence-electron chi connectivity index (χ1n) is 5.94. The summed E-state index contributed by atoms with van der Waals surface area (Å²) in [6.45, 7) is 8.19. The maximum atomic E-state index is 6.00. The zero-order chi connectivity index (χ0) is 13.0. The highest BCUT2D eigenvalue weighted by molar-refractivity contribution is 7.16. The molecule has 1 fully saturated rings. The lowest BCUT2D eigenvalue weighted by Gasteiger charge is -2.32. The zero-order valence-electron chi connectivity index (χ0n) is 10.9. The minimum atomic E-state index is -0.353. The maximum absolute atomic E-state index is 6.00. The van der Waals surface area contributed by atoms with Crippen molar-refractivity contribution in [2.24, 2.45) is 0 Å². The molecule has 1 aliphatic rings. The molecule has 2 aromatic rings. The molecule has 0 unspecified atom stereocenters. The molecule has 1 aliphatic heterocycles. The van der Waals surface area contributed by atoms with Crippen LogP contribution >= 0.6 is 11.3 Å². The van der Waals surface area contributed by atoms with Gasteiger partial charge in [0.1, 0.15) is 0 Å². The van der Waals surface area contributed by atoms with E-state index in [-0.39, 0.29) is 18.3 Å². The molecule has 94 valence electrons. The lowest BCUT2D eigenvalue weighted by atomic mass is 9.80. The lowest BCUT2D eigenvalue weighted by Crippen LogP contribution is -2.41. The van der Waals surface area contributed by atoms with Crippen LogP contribution < -0.4 is 5.46 Å². The van der Waals surface area contributed by atoms with E-state index < -0.39 is 0 Å². The number of pyridine rings is 1. The van der Waals surface area contributed by atoms with E-state index in [1.165, 1.54) is 0 Å². The number of nitrogens with zero attached hydrogens (tertiary/aromatic N) is 2. The highest BCUT2D eigenvalue weighted by Gasteiger charge is 2.51. The number of rotatable bonds is 1. The summed E-state index contributed by atoms with van der Waals surface area (Å²) in [6, 6.07) is 2.04. The third kappa shape index (κ3) is 1.76. The predicted molar refractivity (Wildman–Crippen MR) is 73.1 cm³/mol. The molecule has 18 heavy (non-hydrogen) atoms. The average Bonchev–Trinajstić information content (AvgIpc) is 2.80. The summed E-state index contributed by atoms with van der Waals surface area (Å²) in [5, 5.41) is 0. The lowest BCUT2D eigenvalue weighted by molar-refractivity contribution is 0.00578. The molecule has 6 heteroatoms. The fourth-order valence-corrected chi connectivity index (χ4v) is 2.56. The van der Waals surface area contributed by atoms with E-state index in [1.807, 2.05) is 33.8 Å². The molecule has 0 radical (unpaired) electrons. The molecule has 3 heterocycles. The molecule has 0 amide bonds. The Balaban J connectivity index is 1.96. The third-order valence-corrected chi connectivity index (χ3v) is 4.50. The molecule has 0 N–H and O–H groups in total. The Bertz CT molecular complexity index is 581. The van der Waals surface area contributed by atoms with E-state index in [1.54, 1.807) is 23.0 Å². The Kier molecular flexibility index (Phi) is 2.52. The van der Waals surface area contributed by atoms with E-state index in [0.717, 1.165) is 15.8 Å². The van der Waals surface area contributed by atoms with Gasteiger partial charge in [-0.15, -0.1) is 11.3 Å². The molecular weight excluding hydrogens is 247 g/mol. The number of fused-ring (bicyclic) bond motifs is 1. The Morgan fingerprint density at radius 2 is 1.78 bits per heavy atom. The van der Waals surface area contributed by atoms with Crippen molar-refractivity contribution in [2.45, 2.75) is 38.9 Å². The van der Waals surface area contributed by atoms with E-state index in [4.69, 9.17) is 9.31 Å². The Labute approximate surface area is 110 Å². The van der Waals surface area contributed by atoms with Gasteiger partial charge in [0.25, 0.3) is 0 Å². The van der Waals surface area contributed by atoms with Crippen LogP contribution in [0.25, 0.3) is 10.3 Å². The Hall–Kier alpha value is -0.975. The van der Waals surface area contributed by atoms with Gasteiger partial charge in [0.15, 0.2) is 5.65 Å². The van der Waals surface area contributed by atoms with E-state index in [0.29, 0.717) is 0 Å². The van der Waals surface area contributed by atoms with Crippen LogP contribution in [-0.2, 0) is 9.31 Å². The molecule has 0 saturated carbocycles. The van der Waals surface area contributed by atoms with Crippen LogP contribution in [0.4, 0.5) is 0 Å². The summed E-state index contributed by atoms with van der Waals surface area (Å²) in [5.41, 5.74) is 2.89. The first-order valence-corrected chi connectivity index (χ1v) is 6.82. The van der Waals surface area contributed by atoms with Crippen molar-refractivity contribution in [3.63, 3.8) is 0 Å². The molecule has 0 bridgehead atoms. The van der Waals surface area contributed by atoms with Crippen LogP contribution in [0.15, 0.2) is 17.8 Å². The van der Waals surface area contributed by atoms with Crippen molar-refractivity contribution in [1.82, 2.24) is 9.97 Å². The second kappa shape index (κ2) is 3.76. The van der Waals surface area contributed by atoms with Crippen molar-refractivity contribution in [2.75, 3.05) is 0 Å². The van der Waals surface area contributed by atoms with Crippen molar-refractivity contribution in [3.8, 4) is 0 Å². The minimum absolute atomic E-state index is 0.319. The fourth-order valence-electron chi connectivity index (χ4n) is 1.88.